The van der Waals surface area contributed by atoms with E-state index in [1.165, 1.54) is 17.0 Å². The molecule has 0 aromatic heterocycles. The number of amides is 2. The largest absolute Gasteiger partial charge is 0.350 e. The summed E-state index contributed by atoms with van der Waals surface area (Å²) in [6.45, 7) is 6.79. The van der Waals surface area contributed by atoms with Crippen LogP contribution < -0.4 is 9.62 Å². The molecule has 7 nitrogen and oxygen atoms in total. The van der Waals surface area contributed by atoms with Gasteiger partial charge in [-0.3, -0.25) is 13.9 Å². The van der Waals surface area contributed by atoms with Crippen LogP contribution in [0.25, 0.3) is 0 Å². The maximum absolute atomic E-state index is 14.0. The van der Waals surface area contributed by atoms with Gasteiger partial charge in [-0.25, -0.2) is 12.8 Å². The molecule has 0 aliphatic carbocycles. The molecular formula is C30H36FN3O4S. The van der Waals surface area contributed by atoms with Gasteiger partial charge in [0.1, 0.15) is 18.4 Å². The molecular weight excluding hydrogens is 517 g/mol. The maximum atomic E-state index is 14.0. The van der Waals surface area contributed by atoms with Gasteiger partial charge in [0.2, 0.25) is 21.8 Å². The number of hydrogen-bond donors (Lipinski definition) is 1. The van der Waals surface area contributed by atoms with E-state index >= 15 is 0 Å². The number of benzene rings is 3. The van der Waals surface area contributed by atoms with Crippen molar-refractivity contribution in [1.29, 1.82) is 0 Å². The molecule has 0 aliphatic rings. The first-order valence-corrected chi connectivity index (χ1v) is 14.5. The molecule has 0 saturated carbocycles. The van der Waals surface area contributed by atoms with Gasteiger partial charge in [0.15, 0.2) is 0 Å². The normalized spacial score (nSPS) is 12.5. The molecule has 3 rings (SSSR count). The standard InChI is InChI=1S/C30H36FN3O4S/c1-22-11-9-10-14-26(22)34(39(5,37)38)21-28(35)33(20-24-15-17-25(31)18-16-24)27(29(36)32-30(2,3)4)19-23-12-7-6-8-13-23/h6-18,27H,19-21H2,1-5H3,(H,32,36)/t27-/m1/s1. The average molecular weight is 554 g/mol. The van der Waals surface area contributed by atoms with Crippen molar-refractivity contribution in [3.63, 3.8) is 0 Å². The summed E-state index contributed by atoms with van der Waals surface area (Å²) >= 11 is 0. The second-order valence-electron chi connectivity index (χ2n) is 10.6. The minimum absolute atomic E-state index is 0.0143. The summed E-state index contributed by atoms with van der Waals surface area (Å²) in [7, 11) is -3.85. The number of hydrogen-bond acceptors (Lipinski definition) is 4. The van der Waals surface area contributed by atoms with Gasteiger partial charge in [-0.2, -0.15) is 0 Å². The molecule has 0 bridgehead atoms. The van der Waals surface area contributed by atoms with Crippen LogP contribution in [0.2, 0.25) is 0 Å². The van der Waals surface area contributed by atoms with E-state index in [0.717, 1.165) is 16.1 Å². The Morgan fingerprint density at radius 2 is 1.49 bits per heavy atom. The van der Waals surface area contributed by atoms with Crippen LogP contribution in [0.15, 0.2) is 78.9 Å². The van der Waals surface area contributed by atoms with Gasteiger partial charge in [-0.05, 0) is 62.6 Å². The second kappa shape index (κ2) is 12.4. The van der Waals surface area contributed by atoms with Gasteiger partial charge in [-0.15, -0.1) is 0 Å². The third-order valence-electron chi connectivity index (χ3n) is 6.10. The lowest BCUT2D eigenvalue weighted by atomic mass is 10.0. The molecule has 2 amide bonds. The first kappa shape index (κ1) is 29.8. The predicted octanol–water partition coefficient (Wildman–Crippen LogP) is 4.45. The van der Waals surface area contributed by atoms with Crippen LogP contribution in [0.1, 0.15) is 37.5 Å². The fraction of sp³-hybridized carbons (Fsp3) is 0.333. The second-order valence-corrected chi connectivity index (χ2v) is 12.6. The number of aryl methyl sites for hydroxylation is 1. The Balaban J connectivity index is 2.08. The summed E-state index contributed by atoms with van der Waals surface area (Å²) in [5.74, 6) is -1.35. The van der Waals surface area contributed by atoms with Gasteiger partial charge < -0.3 is 10.2 Å². The highest BCUT2D eigenvalue weighted by atomic mass is 32.2. The fourth-order valence-electron chi connectivity index (χ4n) is 4.23. The maximum Gasteiger partial charge on any atom is 0.244 e. The van der Waals surface area contributed by atoms with Crippen molar-refractivity contribution in [3.05, 3.63) is 101 Å². The van der Waals surface area contributed by atoms with Crippen molar-refractivity contribution < 1.29 is 22.4 Å². The zero-order valence-corrected chi connectivity index (χ0v) is 23.8. The van der Waals surface area contributed by atoms with Crippen LogP contribution in [0.3, 0.4) is 0 Å². The van der Waals surface area contributed by atoms with Crippen LogP contribution in [-0.4, -0.2) is 49.5 Å². The molecule has 1 N–H and O–H groups in total. The fourth-order valence-corrected chi connectivity index (χ4v) is 5.14. The van der Waals surface area contributed by atoms with Gasteiger partial charge in [-0.1, -0.05) is 60.7 Å². The van der Waals surface area contributed by atoms with Crippen molar-refractivity contribution in [3.8, 4) is 0 Å². The summed E-state index contributed by atoms with van der Waals surface area (Å²) in [4.78, 5) is 29.1. The Morgan fingerprint density at radius 3 is 2.05 bits per heavy atom. The molecule has 0 spiro atoms. The Hall–Kier alpha value is -3.72. The van der Waals surface area contributed by atoms with E-state index in [1.54, 1.807) is 43.3 Å². The number of rotatable bonds is 10. The van der Waals surface area contributed by atoms with Crippen LogP contribution in [0.4, 0.5) is 10.1 Å². The lowest BCUT2D eigenvalue weighted by molar-refractivity contribution is -0.140. The number of anilines is 1. The van der Waals surface area contributed by atoms with E-state index in [0.29, 0.717) is 16.8 Å². The molecule has 0 radical (unpaired) electrons. The molecule has 1 atom stereocenters. The van der Waals surface area contributed by atoms with Crippen molar-refractivity contribution in [2.75, 3.05) is 17.1 Å². The SMILES string of the molecule is Cc1ccccc1N(CC(=O)N(Cc1ccc(F)cc1)[C@H](Cc1ccccc1)C(=O)NC(C)(C)C)S(C)(=O)=O. The molecule has 39 heavy (non-hydrogen) atoms. The Bertz CT molecular complexity index is 1390. The van der Waals surface area contributed by atoms with Crippen molar-refractivity contribution in [1.82, 2.24) is 10.2 Å². The smallest absolute Gasteiger partial charge is 0.244 e. The van der Waals surface area contributed by atoms with E-state index in [4.69, 9.17) is 0 Å². The summed E-state index contributed by atoms with van der Waals surface area (Å²) in [5, 5.41) is 2.97. The molecule has 0 saturated heterocycles. The zero-order valence-electron chi connectivity index (χ0n) is 23.0. The third-order valence-corrected chi connectivity index (χ3v) is 7.23. The third kappa shape index (κ3) is 8.64. The van der Waals surface area contributed by atoms with Crippen LogP contribution in [0.5, 0.6) is 0 Å². The van der Waals surface area contributed by atoms with Gasteiger partial charge in [0.05, 0.1) is 11.9 Å². The molecule has 3 aromatic carbocycles. The summed E-state index contributed by atoms with van der Waals surface area (Å²) in [6.07, 6.45) is 1.25. The first-order valence-electron chi connectivity index (χ1n) is 12.7. The van der Waals surface area contributed by atoms with Crippen LogP contribution in [-0.2, 0) is 32.6 Å². The number of sulfonamides is 1. The monoisotopic (exact) mass is 553 g/mol. The number of halogens is 1. The molecule has 0 fully saturated rings. The minimum Gasteiger partial charge on any atom is -0.350 e. The van der Waals surface area contributed by atoms with Crippen molar-refractivity contribution >= 4 is 27.5 Å². The highest BCUT2D eigenvalue weighted by Gasteiger charge is 2.34. The number of carbonyl (C=O) groups excluding carboxylic acids is 2. The lowest BCUT2D eigenvalue weighted by Gasteiger charge is -2.35. The first-order chi connectivity index (χ1) is 18.2. The topological polar surface area (TPSA) is 86.8 Å². The van der Waals surface area contributed by atoms with E-state index < -0.39 is 39.9 Å². The number of para-hydroxylation sites is 1. The van der Waals surface area contributed by atoms with E-state index in [-0.39, 0.29) is 18.9 Å². The molecule has 0 heterocycles. The van der Waals surface area contributed by atoms with Crippen LogP contribution >= 0.6 is 0 Å². The molecule has 0 unspecified atom stereocenters. The number of carbonyl (C=O) groups is 2. The van der Waals surface area contributed by atoms with E-state index in [1.807, 2.05) is 51.1 Å². The van der Waals surface area contributed by atoms with Crippen LogP contribution in [0, 0.1) is 12.7 Å². The molecule has 3 aromatic rings. The van der Waals surface area contributed by atoms with Gasteiger partial charge in [0.25, 0.3) is 0 Å². The summed E-state index contributed by atoms with van der Waals surface area (Å²) < 4.78 is 40.4. The lowest BCUT2D eigenvalue weighted by Crippen LogP contribution is -2.56. The number of nitrogens with zero attached hydrogens (tertiary/aromatic N) is 2. The van der Waals surface area contributed by atoms with Crippen molar-refractivity contribution in [2.24, 2.45) is 0 Å². The molecule has 9 heteroatoms. The predicted molar refractivity (Wildman–Crippen MR) is 152 cm³/mol. The molecule has 208 valence electrons. The number of nitrogens with one attached hydrogen (secondary N) is 1. The highest BCUT2D eigenvalue weighted by Crippen LogP contribution is 2.23. The van der Waals surface area contributed by atoms with E-state index in [9.17, 15) is 22.4 Å². The quantitative estimate of drug-likeness (QED) is 0.402. The summed E-state index contributed by atoms with van der Waals surface area (Å²) in [5.41, 5.74) is 1.94. The van der Waals surface area contributed by atoms with E-state index in [2.05, 4.69) is 5.32 Å². The Kier molecular flexibility index (Phi) is 9.50. The average Bonchev–Trinajstić information content (AvgIpc) is 2.85. The van der Waals surface area contributed by atoms with Gasteiger partial charge >= 0.3 is 0 Å². The molecule has 0 aliphatic heterocycles. The van der Waals surface area contributed by atoms with Crippen molar-refractivity contribution in [2.45, 2.75) is 52.2 Å². The Morgan fingerprint density at radius 1 is 0.897 bits per heavy atom. The minimum atomic E-state index is -3.85. The Labute approximate surface area is 230 Å². The highest BCUT2D eigenvalue weighted by molar-refractivity contribution is 7.92. The zero-order chi connectivity index (χ0) is 28.8. The van der Waals surface area contributed by atoms with Gasteiger partial charge in [0, 0.05) is 18.5 Å². The summed E-state index contributed by atoms with van der Waals surface area (Å²) in [6, 6.07) is 20.9.